The van der Waals surface area contributed by atoms with Gasteiger partial charge in [-0.25, -0.2) is 0 Å². The van der Waals surface area contributed by atoms with Crippen molar-refractivity contribution in [3.05, 3.63) is 29.8 Å². The van der Waals surface area contributed by atoms with Crippen LogP contribution in [0.25, 0.3) is 0 Å². The minimum absolute atomic E-state index is 0.228. The molecule has 1 atom stereocenters. The molecule has 0 saturated carbocycles. The van der Waals surface area contributed by atoms with Crippen LogP contribution in [0.1, 0.15) is 38.8 Å². The van der Waals surface area contributed by atoms with Gasteiger partial charge in [-0.15, -0.1) is 0 Å². The molecule has 0 aliphatic rings. The van der Waals surface area contributed by atoms with Crippen molar-refractivity contribution in [2.24, 2.45) is 5.41 Å². The Morgan fingerprint density at radius 3 is 2.26 bits per heavy atom. The lowest BCUT2D eigenvalue weighted by Crippen LogP contribution is -2.22. The molecule has 1 N–H and O–H groups in total. The molecule has 0 aromatic heterocycles. The van der Waals surface area contributed by atoms with Crippen molar-refractivity contribution in [1.29, 1.82) is 0 Å². The van der Waals surface area contributed by atoms with Crippen molar-refractivity contribution in [3.8, 4) is 5.75 Å². The Hall–Kier alpha value is -1.06. The summed E-state index contributed by atoms with van der Waals surface area (Å²) in [5, 5.41) is 3.29. The summed E-state index contributed by atoms with van der Waals surface area (Å²) >= 11 is 0. The van der Waals surface area contributed by atoms with Crippen molar-refractivity contribution in [3.63, 3.8) is 0 Å². The van der Waals surface area contributed by atoms with E-state index in [1.165, 1.54) is 5.56 Å². The molecule has 0 bridgehead atoms. The maximum absolute atomic E-state index is 5.78. The van der Waals surface area contributed by atoms with Gasteiger partial charge in [0.2, 0.25) is 0 Å². The fraction of sp³-hybridized carbons (Fsp3) is 0.625. The largest absolute Gasteiger partial charge is 0.497 e. The number of ether oxygens (including phenoxy) is 2. The van der Waals surface area contributed by atoms with Gasteiger partial charge < -0.3 is 14.8 Å². The van der Waals surface area contributed by atoms with E-state index in [0.29, 0.717) is 12.0 Å². The molecule has 1 aromatic carbocycles. The standard InChI is InChI=1S/C16H27NO2/c1-16(2,3)10-11-19-12-15(17-4)13-6-8-14(18-5)9-7-13/h6-9,15,17H,10-12H2,1-5H3. The smallest absolute Gasteiger partial charge is 0.118 e. The van der Waals surface area contributed by atoms with Crippen molar-refractivity contribution >= 4 is 0 Å². The van der Waals surface area contributed by atoms with E-state index in [0.717, 1.165) is 18.8 Å². The molecule has 108 valence electrons. The van der Waals surface area contributed by atoms with Crippen LogP contribution < -0.4 is 10.1 Å². The van der Waals surface area contributed by atoms with E-state index in [-0.39, 0.29) is 6.04 Å². The first-order chi connectivity index (χ1) is 8.96. The third-order valence-corrected chi connectivity index (χ3v) is 3.15. The molecule has 1 unspecified atom stereocenters. The highest BCUT2D eigenvalue weighted by Crippen LogP contribution is 2.20. The molecule has 0 radical (unpaired) electrons. The molecule has 19 heavy (non-hydrogen) atoms. The maximum Gasteiger partial charge on any atom is 0.118 e. The number of hydrogen-bond acceptors (Lipinski definition) is 3. The molecule has 3 nitrogen and oxygen atoms in total. The second-order valence-corrected chi connectivity index (χ2v) is 6.00. The summed E-state index contributed by atoms with van der Waals surface area (Å²) in [5.41, 5.74) is 1.55. The zero-order chi connectivity index (χ0) is 14.3. The minimum atomic E-state index is 0.228. The fourth-order valence-electron chi connectivity index (χ4n) is 1.76. The van der Waals surface area contributed by atoms with Crippen molar-refractivity contribution in [2.45, 2.75) is 33.2 Å². The average Bonchev–Trinajstić information content (AvgIpc) is 2.38. The lowest BCUT2D eigenvalue weighted by atomic mass is 9.93. The molecule has 0 aliphatic heterocycles. The Balaban J connectivity index is 2.44. The second-order valence-electron chi connectivity index (χ2n) is 6.00. The van der Waals surface area contributed by atoms with Gasteiger partial charge in [-0.2, -0.15) is 0 Å². The Kier molecular flexibility index (Phi) is 6.32. The first-order valence-corrected chi connectivity index (χ1v) is 6.85. The van der Waals surface area contributed by atoms with Crippen LogP contribution in [0.5, 0.6) is 5.75 Å². The van der Waals surface area contributed by atoms with E-state index < -0.39 is 0 Å². The quantitative estimate of drug-likeness (QED) is 0.766. The van der Waals surface area contributed by atoms with E-state index in [9.17, 15) is 0 Å². The number of hydrogen-bond donors (Lipinski definition) is 1. The molecule has 0 spiro atoms. The van der Waals surface area contributed by atoms with Crippen LogP contribution in [-0.4, -0.2) is 27.4 Å². The van der Waals surface area contributed by atoms with Gasteiger partial charge >= 0.3 is 0 Å². The highest BCUT2D eigenvalue weighted by Gasteiger charge is 2.12. The summed E-state index contributed by atoms with van der Waals surface area (Å²) in [6, 6.07) is 8.34. The number of rotatable bonds is 7. The Bertz CT molecular complexity index is 354. The second kappa shape index (κ2) is 7.51. The van der Waals surface area contributed by atoms with Gasteiger partial charge in [0.15, 0.2) is 0 Å². The van der Waals surface area contributed by atoms with Crippen LogP contribution in [-0.2, 0) is 4.74 Å². The van der Waals surface area contributed by atoms with Gasteiger partial charge in [0.05, 0.1) is 19.8 Å². The van der Waals surface area contributed by atoms with Gasteiger partial charge in [-0.3, -0.25) is 0 Å². The van der Waals surface area contributed by atoms with E-state index >= 15 is 0 Å². The first-order valence-electron chi connectivity index (χ1n) is 6.85. The van der Waals surface area contributed by atoms with Crippen LogP contribution in [0.3, 0.4) is 0 Å². The Morgan fingerprint density at radius 2 is 1.79 bits per heavy atom. The van der Waals surface area contributed by atoms with Gasteiger partial charge in [-0.05, 0) is 36.6 Å². The van der Waals surface area contributed by atoms with Gasteiger partial charge in [0.25, 0.3) is 0 Å². The van der Waals surface area contributed by atoms with Gasteiger partial charge in [0, 0.05) is 6.61 Å². The highest BCUT2D eigenvalue weighted by molar-refractivity contribution is 5.29. The molecular formula is C16H27NO2. The van der Waals surface area contributed by atoms with E-state index in [1.54, 1.807) is 7.11 Å². The molecule has 1 rings (SSSR count). The SMILES string of the molecule is CNC(COCCC(C)(C)C)c1ccc(OC)cc1. The zero-order valence-electron chi connectivity index (χ0n) is 12.8. The third-order valence-electron chi connectivity index (χ3n) is 3.15. The van der Waals surface area contributed by atoms with Gasteiger partial charge in [-0.1, -0.05) is 32.9 Å². The fourth-order valence-corrected chi connectivity index (χ4v) is 1.76. The number of methoxy groups -OCH3 is 1. The predicted molar refractivity (Wildman–Crippen MR) is 79.7 cm³/mol. The molecule has 1 aromatic rings. The molecule has 0 fully saturated rings. The monoisotopic (exact) mass is 265 g/mol. The first kappa shape index (κ1) is 16.0. The van der Waals surface area contributed by atoms with Crippen LogP contribution in [0.15, 0.2) is 24.3 Å². The maximum atomic E-state index is 5.78. The zero-order valence-corrected chi connectivity index (χ0v) is 12.8. The Labute approximate surface area is 117 Å². The number of nitrogens with one attached hydrogen (secondary N) is 1. The van der Waals surface area contributed by atoms with Crippen molar-refractivity contribution < 1.29 is 9.47 Å². The Morgan fingerprint density at radius 1 is 1.16 bits per heavy atom. The lowest BCUT2D eigenvalue weighted by molar-refractivity contribution is 0.0914. The number of benzene rings is 1. The van der Waals surface area contributed by atoms with Crippen LogP contribution in [0.2, 0.25) is 0 Å². The van der Waals surface area contributed by atoms with E-state index in [4.69, 9.17) is 9.47 Å². The van der Waals surface area contributed by atoms with E-state index in [1.807, 2.05) is 19.2 Å². The molecule has 0 aliphatic carbocycles. The molecule has 0 amide bonds. The molecule has 0 saturated heterocycles. The topological polar surface area (TPSA) is 30.5 Å². The predicted octanol–water partition coefficient (Wildman–Crippen LogP) is 3.41. The summed E-state index contributed by atoms with van der Waals surface area (Å²) in [4.78, 5) is 0. The van der Waals surface area contributed by atoms with Crippen molar-refractivity contribution in [1.82, 2.24) is 5.32 Å². The van der Waals surface area contributed by atoms with Gasteiger partial charge in [0.1, 0.15) is 5.75 Å². The van der Waals surface area contributed by atoms with Crippen LogP contribution >= 0.6 is 0 Å². The van der Waals surface area contributed by atoms with Crippen LogP contribution in [0, 0.1) is 5.41 Å². The van der Waals surface area contributed by atoms with Crippen LogP contribution in [0.4, 0.5) is 0 Å². The normalized spacial score (nSPS) is 13.3. The summed E-state index contributed by atoms with van der Waals surface area (Å²) in [6.45, 7) is 8.19. The highest BCUT2D eigenvalue weighted by atomic mass is 16.5. The summed E-state index contributed by atoms with van der Waals surface area (Å²) in [5.74, 6) is 0.882. The molecule has 3 heteroatoms. The van der Waals surface area contributed by atoms with E-state index in [2.05, 4.69) is 38.2 Å². The molecule has 0 heterocycles. The lowest BCUT2D eigenvalue weighted by Gasteiger charge is -2.20. The summed E-state index contributed by atoms with van der Waals surface area (Å²) in [7, 11) is 3.64. The number of likely N-dealkylation sites (N-methyl/N-ethyl adjacent to an activating group) is 1. The van der Waals surface area contributed by atoms with Crippen molar-refractivity contribution in [2.75, 3.05) is 27.4 Å². The average molecular weight is 265 g/mol. The third kappa shape index (κ3) is 6.08. The minimum Gasteiger partial charge on any atom is -0.497 e. The molecular weight excluding hydrogens is 238 g/mol. The summed E-state index contributed by atoms with van der Waals surface area (Å²) < 4.78 is 10.9. The summed E-state index contributed by atoms with van der Waals surface area (Å²) in [6.07, 6.45) is 1.08.